The predicted molar refractivity (Wildman–Crippen MR) is 140 cm³/mol. The van der Waals surface area contributed by atoms with Gasteiger partial charge in [0.15, 0.2) is 29.5 Å². The summed E-state index contributed by atoms with van der Waals surface area (Å²) in [5, 5.41) is 18.0. The fourth-order valence-corrected chi connectivity index (χ4v) is 5.02. The number of urea groups is 1. The van der Waals surface area contributed by atoms with E-state index in [2.05, 4.69) is 35.9 Å². The molecule has 40 heavy (non-hydrogen) atoms. The number of fused-ring (bicyclic) bond motifs is 2. The number of aromatic nitrogens is 5. The van der Waals surface area contributed by atoms with Crippen molar-refractivity contribution in [2.45, 2.75) is 44.3 Å². The van der Waals surface area contributed by atoms with Gasteiger partial charge in [0.2, 0.25) is 0 Å². The zero-order chi connectivity index (χ0) is 27.6. The molecule has 0 bridgehead atoms. The van der Waals surface area contributed by atoms with Crippen molar-refractivity contribution in [2.75, 3.05) is 18.4 Å². The number of nitrogens with zero attached hydrogens (tertiary/aromatic N) is 4. The van der Waals surface area contributed by atoms with Gasteiger partial charge in [0, 0.05) is 37.6 Å². The van der Waals surface area contributed by atoms with E-state index in [1.54, 1.807) is 17.1 Å². The Kier molecular flexibility index (Phi) is 7.13. The van der Waals surface area contributed by atoms with Gasteiger partial charge in [-0.1, -0.05) is 30.3 Å². The number of H-pyrrole nitrogens is 1. The molecule has 2 fully saturated rings. The van der Waals surface area contributed by atoms with Crippen LogP contribution in [0.25, 0.3) is 11.2 Å². The maximum atomic E-state index is 12.1. The molecule has 3 aromatic heterocycles. The van der Waals surface area contributed by atoms with Gasteiger partial charge in [-0.15, -0.1) is 0 Å². The molecule has 2 aliphatic rings. The minimum Gasteiger partial charge on any atom is -0.478 e. The molecule has 4 aromatic rings. The largest absolute Gasteiger partial charge is 0.478 e. The number of nitrogens with one attached hydrogen (secondary N) is 4. The van der Waals surface area contributed by atoms with Crippen LogP contribution in [0.15, 0.2) is 55.4 Å². The first-order chi connectivity index (χ1) is 19.5. The summed E-state index contributed by atoms with van der Waals surface area (Å²) in [4.78, 5) is 39.4. The summed E-state index contributed by atoms with van der Waals surface area (Å²) in [7, 11) is 0. The lowest BCUT2D eigenvalue weighted by atomic mass is 10.1. The molecular formula is C26H28N8O6. The Morgan fingerprint density at radius 2 is 1.90 bits per heavy atom. The van der Waals surface area contributed by atoms with Crippen LogP contribution in [0.5, 0.6) is 0 Å². The zero-order valence-corrected chi connectivity index (χ0v) is 21.5. The second-order valence-electron chi connectivity index (χ2n) is 9.37. The topological polar surface area (TPSA) is 178 Å². The standard InChI is InChI=1S/C26H28N8O6/c1-2-29-26(37)33-21-18-22(31-12-30-21)34(13-32-18)23-20-19(39-25(40-20)14-6-4-3-5-7-14)17(38-23)11-28-9-15-8-27-10-16(15)24(35)36/h3-8,10,12-13,17,19-20,23,25,27-28H,2,9,11H2,1H3,(H,35,36)(H2,29,30,31,33,37)/t17?,19?,20?,23?,25-/m0/s1. The molecule has 2 saturated heterocycles. The third-order valence-electron chi connectivity index (χ3n) is 6.84. The molecule has 14 heteroatoms. The van der Waals surface area contributed by atoms with Crippen LogP contribution in [0.4, 0.5) is 10.6 Å². The summed E-state index contributed by atoms with van der Waals surface area (Å²) >= 11 is 0. The number of hydrogen-bond acceptors (Lipinski definition) is 9. The molecule has 14 nitrogen and oxygen atoms in total. The predicted octanol–water partition coefficient (Wildman–Crippen LogP) is 2.16. The Morgan fingerprint density at radius 3 is 2.70 bits per heavy atom. The average molecular weight is 549 g/mol. The number of anilines is 1. The molecule has 4 unspecified atom stereocenters. The monoisotopic (exact) mass is 548 g/mol. The third kappa shape index (κ3) is 4.88. The quantitative estimate of drug-likeness (QED) is 0.208. The molecule has 2 aliphatic heterocycles. The lowest BCUT2D eigenvalue weighted by Crippen LogP contribution is -2.36. The van der Waals surface area contributed by atoms with Crippen molar-refractivity contribution < 1.29 is 28.9 Å². The molecular weight excluding hydrogens is 520 g/mol. The number of rotatable bonds is 9. The number of carbonyl (C=O) groups excluding carboxylic acids is 1. The van der Waals surface area contributed by atoms with Crippen molar-refractivity contribution in [1.29, 1.82) is 0 Å². The van der Waals surface area contributed by atoms with Gasteiger partial charge in [-0.25, -0.2) is 24.5 Å². The first-order valence-electron chi connectivity index (χ1n) is 12.9. The van der Waals surface area contributed by atoms with E-state index in [9.17, 15) is 14.7 Å². The fourth-order valence-electron chi connectivity index (χ4n) is 5.02. The summed E-state index contributed by atoms with van der Waals surface area (Å²) in [5.41, 5.74) is 2.59. The molecule has 1 aromatic carbocycles. The van der Waals surface area contributed by atoms with Crippen molar-refractivity contribution in [3.8, 4) is 0 Å². The van der Waals surface area contributed by atoms with Gasteiger partial charge in [-0.2, -0.15) is 0 Å². The summed E-state index contributed by atoms with van der Waals surface area (Å²) in [6.45, 7) is 2.98. The highest BCUT2D eigenvalue weighted by Crippen LogP contribution is 2.44. The molecule has 6 rings (SSSR count). The summed E-state index contributed by atoms with van der Waals surface area (Å²) < 4.78 is 20.9. The number of aromatic amines is 1. The second-order valence-corrected chi connectivity index (χ2v) is 9.37. The van der Waals surface area contributed by atoms with E-state index >= 15 is 0 Å². The van der Waals surface area contributed by atoms with Crippen molar-refractivity contribution in [1.82, 2.24) is 35.1 Å². The number of amides is 2. The normalized spacial score (nSPS) is 23.8. The molecule has 208 valence electrons. The van der Waals surface area contributed by atoms with Crippen LogP contribution in [-0.2, 0) is 20.8 Å². The Morgan fingerprint density at radius 1 is 1.07 bits per heavy atom. The Balaban J connectivity index is 1.25. The molecule has 5 atom stereocenters. The van der Waals surface area contributed by atoms with Crippen LogP contribution in [-0.4, -0.2) is 73.0 Å². The van der Waals surface area contributed by atoms with Crippen molar-refractivity contribution in [3.63, 3.8) is 0 Å². The number of benzene rings is 1. The van der Waals surface area contributed by atoms with Gasteiger partial charge in [0.25, 0.3) is 0 Å². The van der Waals surface area contributed by atoms with Gasteiger partial charge in [-0.05, 0) is 12.5 Å². The third-order valence-corrected chi connectivity index (χ3v) is 6.84. The first kappa shape index (κ1) is 25.9. The molecule has 0 spiro atoms. The molecule has 0 aliphatic carbocycles. The van der Waals surface area contributed by atoms with Crippen LogP contribution >= 0.6 is 0 Å². The summed E-state index contributed by atoms with van der Waals surface area (Å²) in [5.74, 6) is -0.725. The average Bonchev–Trinajstić information content (AvgIpc) is 3.74. The Bertz CT molecular complexity index is 1510. The van der Waals surface area contributed by atoms with Gasteiger partial charge >= 0.3 is 12.0 Å². The number of carboxylic acids is 1. The van der Waals surface area contributed by atoms with Gasteiger partial charge in [0.05, 0.1) is 11.9 Å². The van der Waals surface area contributed by atoms with Gasteiger partial charge in [-0.3, -0.25) is 9.88 Å². The molecule has 5 N–H and O–H groups in total. The van der Waals surface area contributed by atoms with E-state index in [0.717, 1.165) is 5.56 Å². The Hall–Kier alpha value is -4.37. The highest BCUT2D eigenvalue weighted by Gasteiger charge is 2.53. The van der Waals surface area contributed by atoms with E-state index in [1.807, 2.05) is 37.3 Å². The van der Waals surface area contributed by atoms with E-state index in [1.165, 1.54) is 12.5 Å². The highest BCUT2D eigenvalue weighted by molar-refractivity contribution is 5.95. The van der Waals surface area contributed by atoms with Gasteiger partial charge in [0.1, 0.15) is 24.6 Å². The van der Waals surface area contributed by atoms with E-state index in [0.29, 0.717) is 36.4 Å². The SMILES string of the molecule is CCNC(=O)Nc1ncnc2c1ncn2C1OC(CNCc2c[nH]cc2C(=O)O)C2O[C@H](c3ccccc3)OC21. The number of aromatic carboxylic acids is 1. The highest BCUT2D eigenvalue weighted by atomic mass is 16.8. The number of carboxylic acid groups (broad SMARTS) is 1. The lowest BCUT2D eigenvalue weighted by molar-refractivity contribution is -0.146. The molecule has 5 heterocycles. The van der Waals surface area contributed by atoms with Crippen LogP contribution < -0.4 is 16.0 Å². The fraction of sp³-hybridized carbons (Fsp3) is 0.346. The van der Waals surface area contributed by atoms with Crippen molar-refractivity contribution in [2.24, 2.45) is 0 Å². The van der Waals surface area contributed by atoms with E-state index < -0.39 is 42.8 Å². The second kappa shape index (κ2) is 11.0. The number of imidazole rings is 1. The maximum Gasteiger partial charge on any atom is 0.337 e. The number of hydrogen-bond donors (Lipinski definition) is 5. The van der Waals surface area contributed by atoms with Crippen LogP contribution in [0, 0.1) is 0 Å². The van der Waals surface area contributed by atoms with Crippen molar-refractivity contribution in [3.05, 3.63) is 72.1 Å². The molecule has 2 amide bonds. The van der Waals surface area contributed by atoms with Crippen LogP contribution in [0.3, 0.4) is 0 Å². The maximum absolute atomic E-state index is 12.1. The van der Waals surface area contributed by atoms with E-state index in [-0.39, 0.29) is 11.4 Å². The minimum atomic E-state index is -0.997. The summed E-state index contributed by atoms with van der Waals surface area (Å²) in [6, 6.07) is 9.24. The van der Waals surface area contributed by atoms with E-state index in [4.69, 9.17) is 14.2 Å². The smallest absolute Gasteiger partial charge is 0.337 e. The van der Waals surface area contributed by atoms with Crippen molar-refractivity contribution >= 4 is 29.0 Å². The van der Waals surface area contributed by atoms with Crippen LogP contribution in [0.2, 0.25) is 0 Å². The molecule has 0 saturated carbocycles. The molecule has 0 radical (unpaired) electrons. The summed E-state index contributed by atoms with van der Waals surface area (Å²) in [6.07, 6.45) is 3.46. The Labute approximate surface area is 228 Å². The minimum absolute atomic E-state index is 0.210. The van der Waals surface area contributed by atoms with Gasteiger partial charge < -0.3 is 34.9 Å². The zero-order valence-electron chi connectivity index (χ0n) is 21.5. The lowest BCUT2D eigenvalue weighted by Gasteiger charge is -2.21. The number of carbonyl (C=O) groups is 2. The first-order valence-corrected chi connectivity index (χ1v) is 12.9. The van der Waals surface area contributed by atoms with Crippen LogP contribution in [0.1, 0.15) is 40.9 Å². The number of ether oxygens (including phenoxy) is 3.